The molecule has 0 unspecified atom stereocenters. The second-order valence-corrected chi connectivity index (χ2v) is 4.84. The molecule has 118 valence electrons. The lowest BCUT2D eigenvalue weighted by Crippen LogP contribution is -2.35. The molecule has 1 heterocycles. The van der Waals surface area contributed by atoms with Gasteiger partial charge in [0.25, 0.3) is 11.8 Å². The van der Waals surface area contributed by atoms with Crippen molar-refractivity contribution in [3.8, 4) is 11.5 Å². The number of ether oxygens (including phenoxy) is 2. The first-order valence-corrected chi connectivity index (χ1v) is 6.82. The zero-order valence-electron chi connectivity index (χ0n) is 12.3. The lowest BCUT2D eigenvalue weighted by molar-refractivity contribution is -0.120. The van der Waals surface area contributed by atoms with Crippen LogP contribution >= 0.6 is 0 Å². The normalized spacial score (nSPS) is 13.1. The average molecular weight is 314 g/mol. The molecule has 0 radical (unpaired) electrons. The first-order chi connectivity index (χ1) is 11.1. The number of nitrogens with zero attached hydrogens (tertiary/aromatic N) is 1. The van der Waals surface area contributed by atoms with Crippen LogP contribution in [0.3, 0.4) is 0 Å². The molecule has 3 rings (SSSR count). The Kier molecular flexibility index (Phi) is 3.86. The molecular formula is C16H14N2O5. The molecule has 7 heteroatoms. The minimum atomic E-state index is -0.670. The van der Waals surface area contributed by atoms with Gasteiger partial charge < -0.3 is 9.47 Å². The molecule has 2 aromatic carbocycles. The number of fused-ring (bicyclic) bond motifs is 1. The van der Waals surface area contributed by atoms with Crippen LogP contribution in [0, 0.1) is 0 Å². The van der Waals surface area contributed by atoms with E-state index in [4.69, 9.17) is 14.7 Å². The number of carbonyl (C=O) groups is 2. The number of methoxy groups -OCH3 is 1. The number of carbonyl (C=O) groups excluding carboxylic acids is 2. The van der Waals surface area contributed by atoms with Crippen LogP contribution in [0.4, 0.5) is 11.4 Å². The fourth-order valence-corrected chi connectivity index (χ4v) is 2.39. The minimum absolute atomic E-state index is 0.101. The molecule has 0 saturated carbocycles. The molecule has 0 fully saturated rings. The average Bonchev–Trinajstić information content (AvgIpc) is 2.60. The molecule has 23 heavy (non-hydrogen) atoms. The van der Waals surface area contributed by atoms with Crippen LogP contribution in [0.1, 0.15) is 10.4 Å². The van der Waals surface area contributed by atoms with E-state index in [2.05, 4.69) is 0 Å². The molecule has 0 atom stereocenters. The number of benzene rings is 2. The van der Waals surface area contributed by atoms with Crippen LogP contribution in [0.25, 0.3) is 0 Å². The van der Waals surface area contributed by atoms with Crippen LogP contribution in [0.5, 0.6) is 11.5 Å². The quantitative estimate of drug-likeness (QED) is 0.667. The Morgan fingerprint density at radius 3 is 2.87 bits per heavy atom. The fraction of sp³-hybridized carbons (Fsp3) is 0.125. The summed E-state index contributed by atoms with van der Waals surface area (Å²) >= 11 is 0. The van der Waals surface area contributed by atoms with Gasteiger partial charge >= 0.3 is 0 Å². The van der Waals surface area contributed by atoms with E-state index in [0.717, 1.165) is 0 Å². The summed E-state index contributed by atoms with van der Waals surface area (Å²) in [7, 11) is 1.54. The molecule has 2 amide bonds. The van der Waals surface area contributed by atoms with Crippen LogP contribution in [0.2, 0.25) is 0 Å². The van der Waals surface area contributed by atoms with Crippen LogP contribution in [0.15, 0.2) is 42.5 Å². The minimum Gasteiger partial charge on any atom is -0.497 e. The van der Waals surface area contributed by atoms with Crippen molar-refractivity contribution in [2.75, 3.05) is 18.6 Å². The third kappa shape index (κ3) is 2.69. The number of amides is 2. The Balaban J connectivity index is 2.11. The van der Waals surface area contributed by atoms with Gasteiger partial charge in [0, 0.05) is 11.6 Å². The number of nitrogens with one attached hydrogen (secondary N) is 1. The summed E-state index contributed by atoms with van der Waals surface area (Å²) in [5.41, 5.74) is 2.80. The van der Waals surface area contributed by atoms with Gasteiger partial charge in [0.1, 0.15) is 11.5 Å². The SMILES string of the molecule is COc1cccc(N2C(=O)COc3ccc(C(=O)NO)cc32)c1. The zero-order valence-corrected chi connectivity index (χ0v) is 12.3. The molecule has 0 spiro atoms. The predicted octanol–water partition coefficient (Wildman–Crippen LogP) is 1.87. The highest BCUT2D eigenvalue weighted by Crippen LogP contribution is 2.38. The molecule has 1 aliphatic rings. The van der Waals surface area contributed by atoms with Crippen molar-refractivity contribution in [2.24, 2.45) is 0 Å². The third-order valence-electron chi connectivity index (χ3n) is 3.48. The van der Waals surface area contributed by atoms with E-state index in [1.165, 1.54) is 24.1 Å². The maximum Gasteiger partial charge on any atom is 0.274 e. The van der Waals surface area contributed by atoms with Gasteiger partial charge in [-0.25, -0.2) is 5.48 Å². The van der Waals surface area contributed by atoms with Gasteiger partial charge in [-0.1, -0.05) is 6.07 Å². The maximum atomic E-state index is 12.3. The second kappa shape index (κ2) is 5.98. The van der Waals surface area contributed by atoms with Crippen LogP contribution < -0.4 is 19.9 Å². The standard InChI is InChI=1S/C16H14N2O5/c1-22-12-4-2-3-11(8-12)18-13-7-10(16(20)17-21)5-6-14(13)23-9-15(18)19/h2-8,21H,9H2,1H3,(H,17,20). The molecule has 7 nitrogen and oxygen atoms in total. The van der Waals surface area contributed by atoms with Gasteiger partial charge in [-0.2, -0.15) is 0 Å². The van der Waals surface area contributed by atoms with Crippen molar-refractivity contribution >= 4 is 23.2 Å². The van der Waals surface area contributed by atoms with Gasteiger partial charge in [0.2, 0.25) is 0 Å². The van der Waals surface area contributed by atoms with E-state index in [9.17, 15) is 9.59 Å². The number of anilines is 2. The Morgan fingerprint density at radius 1 is 1.30 bits per heavy atom. The van der Waals surface area contributed by atoms with E-state index in [-0.39, 0.29) is 18.1 Å². The first kappa shape index (κ1) is 14.9. The van der Waals surface area contributed by atoms with Crippen molar-refractivity contribution in [3.05, 3.63) is 48.0 Å². The van der Waals surface area contributed by atoms with Crippen molar-refractivity contribution in [1.82, 2.24) is 5.48 Å². The summed E-state index contributed by atoms with van der Waals surface area (Å²) in [4.78, 5) is 25.4. The van der Waals surface area contributed by atoms with Crippen molar-refractivity contribution in [3.63, 3.8) is 0 Å². The Labute approximate surface area is 132 Å². The summed E-state index contributed by atoms with van der Waals surface area (Å²) in [6.45, 7) is -0.101. The second-order valence-electron chi connectivity index (χ2n) is 4.84. The molecule has 1 aliphatic heterocycles. The van der Waals surface area contributed by atoms with E-state index < -0.39 is 5.91 Å². The zero-order chi connectivity index (χ0) is 16.4. The third-order valence-corrected chi connectivity index (χ3v) is 3.48. The highest BCUT2D eigenvalue weighted by Gasteiger charge is 2.28. The molecule has 0 aliphatic carbocycles. The summed E-state index contributed by atoms with van der Waals surface area (Å²) < 4.78 is 10.6. The van der Waals surface area contributed by atoms with E-state index in [0.29, 0.717) is 22.9 Å². The highest BCUT2D eigenvalue weighted by atomic mass is 16.5. The number of rotatable bonds is 3. The molecule has 2 N–H and O–H groups in total. The monoisotopic (exact) mass is 314 g/mol. The summed E-state index contributed by atoms with van der Waals surface area (Å²) in [5, 5.41) is 8.77. The van der Waals surface area contributed by atoms with Crippen molar-refractivity contribution < 1.29 is 24.3 Å². The molecular weight excluding hydrogens is 300 g/mol. The lowest BCUT2D eigenvalue weighted by atomic mass is 10.1. The topological polar surface area (TPSA) is 88.1 Å². The molecule has 0 saturated heterocycles. The largest absolute Gasteiger partial charge is 0.497 e. The summed E-state index contributed by atoms with van der Waals surface area (Å²) in [5.74, 6) is 0.137. The van der Waals surface area contributed by atoms with Gasteiger partial charge in [0.15, 0.2) is 6.61 Å². The fourth-order valence-electron chi connectivity index (χ4n) is 2.39. The van der Waals surface area contributed by atoms with Gasteiger partial charge in [0.05, 0.1) is 18.5 Å². The van der Waals surface area contributed by atoms with Crippen molar-refractivity contribution in [2.45, 2.75) is 0 Å². The predicted molar refractivity (Wildman–Crippen MR) is 81.3 cm³/mol. The molecule has 2 aromatic rings. The van der Waals surface area contributed by atoms with Gasteiger partial charge in [-0.3, -0.25) is 19.7 Å². The van der Waals surface area contributed by atoms with Crippen molar-refractivity contribution in [1.29, 1.82) is 0 Å². The number of hydrogen-bond acceptors (Lipinski definition) is 5. The lowest BCUT2D eigenvalue weighted by Gasteiger charge is -2.29. The van der Waals surface area contributed by atoms with Gasteiger partial charge in [-0.15, -0.1) is 0 Å². The number of hydroxylamine groups is 1. The maximum absolute atomic E-state index is 12.3. The van der Waals surface area contributed by atoms with Crippen LogP contribution in [-0.4, -0.2) is 30.7 Å². The Morgan fingerprint density at radius 2 is 2.13 bits per heavy atom. The van der Waals surface area contributed by atoms with Crippen LogP contribution in [-0.2, 0) is 4.79 Å². The smallest absolute Gasteiger partial charge is 0.274 e. The Hall–Kier alpha value is -3.06. The van der Waals surface area contributed by atoms with E-state index >= 15 is 0 Å². The Bertz CT molecular complexity index is 775. The number of hydrogen-bond donors (Lipinski definition) is 2. The van der Waals surface area contributed by atoms with Gasteiger partial charge in [-0.05, 0) is 30.3 Å². The van der Waals surface area contributed by atoms with E-state index in [1.54, 1.807) is 35.8 Å². The summed E-state index contributed by atoms with van der Waals surface area (Å²) in [6, 6.07) is 11.6. The highest BCUT2D eigenvalue weighted by molar-refractivity contribution is 6.06. The summed E-state index contributed by atoms with van der Waals surface area (Å²) in [6.07, 6.45) is 0. The molecule has 0 bridgehead atoms. The first-order valence-electron chi connectivity index (χ1n) is 6.82. The van der Waals surface area contributed by atoms with E-state index in [1.807, 2.05) is 0 Å². The molecule has 0 aromatic heterocycles.